The number of carbonyl (C=O) groups is 1. The van der Waals surface area contributed by atoms with Crippen LogP contribution in [-0.4, -0.2) is 29.4 Å². The van der Waals surface area contributed by atoms with Gasteiger partial charge in [-0.05, 0) is 19.3 Å². The van der Waals surface area contributed by atoms with Gasteiger partial charge >= 0.3 is 0 Å². The van der Waals surface area contributed by atoms with E-state index in [9.17, 15) is 4.79 Å². The molecule has 0 aliphatic carbocycles. The van der Waals surface area contributed by atoms with Crippen LogP contribution in [0.3, 0.4) is 0 Å². The molecule has 3 nitrogen and oxygen atoms in total. The Morgan fingerprint density at radius 3 is 3.09 bits per heavy atom. The molecule has 0 bridgehead atoms. The summed E-state index contributed by atoms with van der Waals surface area (Å²) in [5.41, 5.74) is 5.80. The zero-order valence-corrected chi connectivity index (χ0v) is 6.62. The summed E-state index contributed by atoms with van der Waals surface area (Å²) in [6.07, 6.45) is 3.79. The highest BCUT2D eigenvalue weighted by molar-refractivity contribution is 5.78. The molecule has 2 saturated heterocycles. The first kappa shape index (κ1) is 7.10. The molecule has 11 heavy (non-hydrogen) atoms. The lowest BCUT2D eigenvalue weighted by Gasteiger charge is -2.33. The number of piperidine rings is 1. The molecule has 2 N–H and O–H groups in total. The molecule has 1 amide bonds. The molecule has 0 spiro atoms. The van der Waals surface area contributed by atoms with E-state index in [2.05, 4.69) is 0 Å². The lowest BCUT2D eigenvalue weighted by atomic mass is 9.99. The molecule has 62 valence electrons. The Bertz CT molecular complexity index is 181. The van der Waals surface area contributed by atoms with E-state index in [-0.39, 0.29) is 0 Å². The molecule has 2 fully saturated rings. The Labute approximate surface area is 66.5 Å². The molecule has 2 heterocycles. The third kappa shape index (κ3) is 1.13. The van der Waals surface area contributed by atoms with Crippen LogP contribution in [0.4, 0.5) is 0 Å². The number of nitrogens with zero attached hydrogens (tertiary/aromatic N) is 1. The molecule has 2 aliphatic rings. The van der Waals surface area contributed by atoms with Gasteiger partial charge in [0.15, 0.2) is 0 Å². The highest BCUT2D eigenvalue weighted by Gasteiger charge is 2.34. The zero-order valence-electron chi connectivity index (χ0n) is 6.62. The summed E-state index contributed by atoms with van der Waals surface area (Å²) in [5, 5.41) is 0. The summed E-state index contributed by atoms with van der Waals surface area (Å²) in [5.74, 6) is 0.335. The largest absolute Gasteiger partial charge is 0.340 e. The normalized spacial score (nSPS) is 37.5. The first-order chi connectivity index (χ1) is 5.27. The SMILES string of the molecule is N[C@@H]1CCN2C(=O)CC[C@H]2C1. The second-order valence-electron chi connectivity index (χ2n) is 3.56. The standard InChI is InChI=1S/C8H14N2O/c9-6-3-4-10-7(5-6)1-2-8(10)11/h6-7H,1-5,9H2/t6-,7+/m1/s1. The van der Waals surface area contributed by atoms with E-state index in [4.69, 9.17) is 5.73 Å². The second-order valence-corrected chi connectivity index (χ2v) is 3.56. The van der Waals surface area contributed by atoms with Crippen LogP contribution in [-0.2, 0) is 4.79 Å². The van der Waals surface area contributed by atoms with Gasteiger partial charge in [0.05, 0.1) is 0 Å². The summed E-state index contributed by atoms with van der Waals surface area (Å²) in [6, 6.07) is 0.813. The molecule has 2 aliphatic heterocycles. The zero-order chi connectivity index (χ0) is 7.84. The van der Waals surface area contributed by atoms with Crippen LogP contribution in [0.1, 0.15) is 25.7 Å². The van der Waals surface area contributed by atoms with Gasteiger partial charge in [0.25, 0.3) is 0 Å². The number of amides is 1. The maximum atomic E-state index is 11.2. The molecule has 0 aromatic carbocycles. The molecule has 0 unspecified atom stereocenters. The van der Waals surface area contributed by atoms with Crippen molar-refractivity contribution in [2.75, 3.05) is 6.54 Å². The van der Waals surface area contributed by atoms with Crippen molar-refractivity contribution in [1.29, 1.82) is 0 Å². The topological polar surface area (TPSA) is 46.3 Å². The Balaban J connectivity index is 2.06. The fourth-order valence-electron chi connectivity index (χ4n) is 2.12. The van der Waals surface area contributed by atoms with E-state index >= 15 is 0 Å². The monoisotopic (exact) mass is 154 g/mol. The molecule has 2 rings (SSSR count). The van der Waals surface area contributed by atoms with Crippen LogP contribution in [0.15, 0.2) is 0 Å². The van der Waals surface area contributed by atoms with Crippen molar-refractivity contribution in [3.05, 3.63) is 0 Å². The molecule has 2 atom stereocenters. The van der Waals surface area contributed by atoms with E-state index in [0.29, 0.717) is 18.0 Å². The van der Waals surface area contributed by atoms with E-state index in [1.165, 1.54) is 0 Å². The van der Waals surface area contributed by atoms with Crippen LogP contribution in [0.2, 0.25) is 0 Å². The number of nitrogens with two attached hydrogens (primary N) is 1. The van der Waals surface area contributed by atoms with Crippen molar-refractivity contribution in [3.8, 4) is 0 Å². The quantitative estimate of drug-likeness (QED) is 0.538. The van der Waals surface area contributed by atoms with Gasteiger partial charge in [0, 0.05) is 25.0 Å². The molecule has 0 aromatic heterocycles. The Kier molecular flexibility index (Phi) is 1.60. The Hall–Kier alpha value is -0.570. The summed E-state index contributed by atoms with van der Waals surface area (Å²) in [4.78, 5) is 13.2. The molecular weight excluding hydrogens is 140 g/mol. The van der Waals surface area contributed by atoms with Gasteiger partial charge in [-0.3, -0.25) is 4.79 Å². The highest BCUT2D eigenvalue weighted by Crippen LogP contribution is 2.26. The minimum atomic E-state index is 0.335. The predicted molar refractivity (Wildman–Crippen MR) is 41.9 cm³/mol. The summed E-state index contributed by atoms with van der Waals surface area (Å²) in [7, 11) is 0. The van der Waals surface area contributed by atoms with Crippen molar-refractivity contribution in [2.24, 2.45) is 5.73 Å². The van der Waals surface area contributed by atoms with Crippen LogP contribution in [0.5, 0.6) is 0 Å². The van der Waals surface area contributed by atoms with Crippen molar-refractivity contribution < 1.29 is 4.79 Å². The minimum Gasteiger partial charge on any atom is -0.340 e. The molecular formula is C8H14N2O. The molecule has 0 radical (unpaired) electrons. The van der Waals surface area contributed by atoms with Crippen molar-refractivity contribution in [1.82, 2.24) is 4.90 Å². The number of carbonyl (C=O) groups excluding carboxylic acids is 1. The third-order valence-electron chi connectivity index (χ3n) is 2.77. The number of hydrogen-bond acceptors (Lipinski definition) is 2. The van der Waals surface area contributed by atoms with Crippen molar-refractivity contribution in [2.45, 2.75) is 37.8 Å². The maximum Gasteiger partial charge on any atom is 0.222 e. The summed E-state index contributed by atoms with van der Waals surface area (Å²) < 4.78 is 0. The van der Waals surface area contributed by atoms with Gasteiger partial charge in [-0.25, -0.2) is 0 Å². The van der Waals surface area contributed by atoms with Crippen LogP contribution in [0, 0.1) is 0 Å². The minimum absolute atomic E-state index is 0.335. The van der Waals surface area contributed by atoms with Crippen molar-refractivity contribution >= 4 is 5.91 Å². The predicted octanol–water partition coefficient (Wildman–Crippen LogP) is 0.0985. The third-order valence-corrected chi connectivity index (χ3v) is 2.77. The first-order valence-corrected chi connectivity index (χ1v) is 4.32. The second kappa shape index (κ2) is 2.48. The Morgan fingerprint density at radius 1 is 1.45 bits per heavy atom. The van der Waals surface area contributed by atoms with Crippen molar-refractivity contribution in [3.63, 3.8) is 0 Å². The number of hydrogen-bond donors (Lipinski definition) is 1. The fraction of sp³-hybridized carbons (Fsp3) is 0.875. The first-order valence-electron chi connectivity index (χ1n) is 4.32. The molecule has 0 saturated carbocycles. The molecule has 0 aromatic rings. The van der Waals surface area contributed by atoms with Crippen LogP contribution >= 0.6 is 0 Å². The van der Waals surface area contributed by atoms with Crippen LogP contribution < -0.4 is 5.73 Å². The summed E-state index contributed by atoms with van der Waals surface area (Å²) in [6.45, 7) is 0.894. The van der Waals surface area contributed by atoms with Crippen LogP contribution in [0.25, 0.3) is 0 Å². The van der Waals surface area contributed by atoms with Gasteiger partial charge in [0.1, 0.15) is 0 Å². The fourth-order valence-corrected chi connectivity index (χ4v) is 2.12. The van der Waals surface area contributed by atoms with E-state index in [1.807, 2.05) is 4.90 Å². The average Bonchev–Trinajstić information content (AvgIpc) is 2.32. The Morgan fingerprint density at radius 2 is 2.27 bits per heavy atom. The number of rotatable bonds is 0. The van der Waals surface area contributed by atoms with Gasteiger partial charge in [0.2, 0.25) is 5.91 Å². The van der Waals surface area contributed by atoms with Gasteiger partial charge in [-0.15, -0.1) is 0 Å². The average molecular weight is 154 g/mol. The van der Waals surface area contributed by atoms with E-state index in [0.717, 1.165) is 32.2 Å². The van der Waals surface area contributed by atoms with Gasteiger partial charge in [-0.1, -0.05) is 0 Å². The highest BCUT2D eigenvalue weighted by atomic mass is 16.2. The number of fused-ring (bicyclic) bond motifs is 1. The summed E-state index contributed by atoms with van der Waals surface area (Å²) >= 11 is 0. The lowest BCUT2D eigenvalue weighted by molar-refractivity contribution is -0.129. The van der Waals surface area contributed by atoms with Gasteiger partial charge in [-0.2, -0.15) is 0 Å². The van der Waals surface area contributed by atoms with E-state index < -0.39 is 0 Å². The molecule has 3 heteroatoms. The van der Waals surface area contributed by atoms with E-state index in [1.54, 1.807) is 0 Å². The maximum absolute atomic E-state index is 11.2. The smallest absolute Gasteiger partial charge is 0.222 e. The lowest BCUT2D eigenvalue weighted by Crippen LogP contribution is -2.45. The van der Waals surface area contributed by atoms with Gasteiger partial charge < -0.3 is 10.6 Å².